The van der Waals surface area contributed by atoms with Crippen molar-refractivity contribution in [2.45, 2.75) is 38.6 Å². The third-order valence-electron chi connectivity index (χ3n) is 4.44. The van der Waals surface area contributed by atoms with E-state index in [-0.39, 0.29) is 31.1 Å². The summed E-state index contributed by atoms with van der Waals surface area (Å²) in [5.74, 6) is -0.224. The number of carbonyl (C=O) groups excluding carboxylic acids is 2. The van der Waals surface area contributed by atoms with Crippen LogP contribution in [-0.2, 0) is 15.7 Å². The molecule has 0 aromatic carbocycles. The number of hydrogen-bond acceptors (Lipinski definition) is 5. The Labute approximate surface area is 160 Å². The summed E-state index contributed by atoms with van der Waals surface area (Å²) in [5, 5.41) is 0. The van der Waals surface area contributed by atoms with Crippen LogP contribution in [0.1, 0.15) is 26.3 Å². The smallest absolute Gasteiger partial charge is 0.417 e. The van der Waals surface area contributed by atoms with Gasteiger partial charge in [-0.1, -0.05) is 6.58 Å². The van der Waals surface area contributed by atoms with Crippen molar-refractivity contribution in [1.82, 2.24) is 9.88 Å². The summed E-state index contributed by atoms with van der Waals surface area (Å²) in [7, 11) is 0. The highest BCUT2D eigenvalue weighted by molar-refractivity contribution is 6.06. The van der Waals surface area contributed by atoms with E-state index in [1.54, 1.807) is 25.7 Å². The van der Waals surface area contributed by atoms with E-state index in [2.05, 4.69) is 11.6 Å². The van der Waals surface area contributed by atoms with Crippen LogP contribution >= 0.6 is 0 Å². The minimum absolute atomic E-state index is 0.0248. The first kappa shape index (κ1) is 20.0. The van der Waals surface area contributed by atoms with Gasteiger partial charge in [0.15, 0.2) is 5.82 Å². The minimum Gasteiger partial charge on any atom is -0.444 e. The Morgan fingerprint density at radius 3 is 2.57 bits per heavy atom. The maximum Gasteiger partial charge on any atom is 0.417 e. The number of hydrogen-bond donors (Lipinski definition) is 0. The van der Waals surface area contributed by atoms with E-state index in [1.165, 1.54) is 4.90 Å². The summed E-state index contributed by atoms with van der Waals surface area (Å²) in [4.78, 5) is 33.3. The highest BCUT2D eigenvalue weighted by atomic mass is 19.4. The number of nitrogens with zero attached hydrogens (tertiary/aromatic N) is 4. The molecule has 1 saturated heterocycles. The molecule has 3 rings (SSSR count). The normalized spacial score (nSPS) is 19.9. The molecule has 28 heavy (non-hydrogen) atoms. The molecule has 1 atom stereocenters. The maximum atomic E-state index is 13.1. The molecule has 0 saturated carbocycles. The van der Waals surface area contributed by atoms with E-state index in [4.69, 9.17) is 4.74 Å². The van der Waals surface area contributed by atoms with Crippen LogP contribution in [0.2, 0.25) is 0 Å². The van der Waals surface area contributed by atoms with Crippen molar-refractivity contribution in [3.05, 3.63) is 30.6 Å². The van der Waals surface area contributed by atoms with Crippen molar-refractivity contribution in [2.24, 2.45) is 0 Å². The van der Waals surface area contributed by atoms with Crippen LogP contribution in [0.4, 0.5) is 29.5 Å². The summed E-state index contributed by atoms with van der Waals surface area (Å²) >= 11 is 0. The quantitative estimate of drug-likeness (QED) is 0.728. The Kier molecular flexibility index (Phi) is 4.76. The molecule has 7 nitrogen and oxygen atoms in total. The fourth-order valence-electron chi connectivity index (χ4n) is 3.21. The van der Waals surface area contributed by atoms with E-state index < -0.39 is 35.4 Å². The summed E-state index contributed by atoms with van der Waals surface area (Å²) in [5.41, 5.74) is -1.60. The maximum absolute atomic E-state index is 13.1. The number of halogens is 3. The van der Waals surface area contributed by atoms with E-state index in [0.717, 1.165) is 23.4 Å². The third-order valence-corrected chi connectivity index (χ3v) is 4.44. The monoisotopic (exact) mass is 398 g/mol. The number of aromatic nitrogens is 1. The molecule has 2 aliphatic rings. The average molecular weight is 398 g/mol. The Hall–Kier alpha value is -2.78. The molecule has 0 radical (unpaired) electrons. The molecule has 0 spiro atoms. The highest BCUT2D eigenvalue weighted by Gasteiger charge is 2.44. The molecule has 0 aliphatic carbocycles. The van der Waals surface area contributed by atoms with Crippen LogP contribution in [0.3, 0.4) is 0 Å². The second-order valence-electron chi connectivity index (χ2n) is 7.59. The van der Waals surface area contributed by atoms with E-state index in [9.17, 15) is 22.8 Å². The number of piperazine rings is 1. The first-order chi connectivity index (χ1) is 12.9. The minimum atomic E-state index is -4.58. The van der Waals surface area contributed by atoms with Crippen LogP contribution in [0.5, 0.6) is 0 Å². The zero-order valence-corrected chi connectivity index (χ0v) is 15.8. The number of fused-ring (bicyclic) bond motifs is 3. The summed E-state index contributed by atoms with van der Waals surface area (Å²) in [6.07, 6.45) is -3.22. The second-order valence-corrected chi connectivity index (χ2v) is 7.59. The standard InChI is InChI=1S/C18H21F3N4O3/c1-5-24-12-8-11(18(19,20)21)9-22-14(12)25-7-6-23(10-13(25)15(24)26)16(27)28-17(2,3)4/h5,8-9,13H,1,6-7,10H2,2-4H3. The predicted molar refractivity (Wildman–Crippen MR) is 95.9 cm³/mol. The summed E-state index contributed by atoms with van der Waals surface area (Å²) in [6, 6.07) is 0.106. The Morgan fingerprint density at radius 2 is 2.00 bits per heavy atom. The fourth-order valence-corrected chi connectivity index (χ4v) is 3.21. The van der Waals surface area contributed by atoms with Gasteiger partial charge in [0, 0.05) is 25.5 Å². The van der Waals surface area contributed by atoms with Gasteiger partial charge in [-0.2, -0.15) is 13.2 Å². The van der Waals surface area contributed by atoms with Crippen molar-refractivity contribution in [3.8, 4) is 0 Å². The van der Waals surface area contributed by atoms with Crippen LogP contribution in [0, 0.1) is 0 Å². The number of carbonyl (C=O) groups is 2. The van der Waals surface area contributed by atoms with Crippen LogP contribution in [0.15, 0.2) is 25.0 Å². The Morgan fingerprint density at radius 1 is 1.32 bits per heavy atom. The summed E-state index contributed by atoms with van der Waals surface area (Å²) in [6.45, 7) is 9.30. The molecule has 10 heteroatoms. The molecule has 2 amide bonds. The molecule has 0 bridgehead atoms. The molecule has 1 unspecified atom stereocenters. The van der Waals surface area contributed by atoms with Crippen molar-refractivity contribution < 1.29 is 27.5 Å². The lowest BCUT2D eigenvalue weighted by Crippen LogP contribution is -2.63. The van der Waals surface area contributed by atoms with Crippen molar-refractivity contribution in [1.29, 1.82) is 0 Å². The van der Waals surface area contributed by atoms with Crippen LogP contribution in [0.25, 0.3) is 0 Å². The lowest BCUT2D eigenvalue weighted by atomic mass is 10.1. The topological polar surface area (TPSA) is 66.0 Å². The average Bonchev–Trinajstić information content (AvgIpc) is 2.59. The van der Waals surface area contributed by atoms with Gasteiger partial charge in [-0.3, -0.25) is 9.69 Å². The molecule has 1 aromatic heterocycles. The number of ether oxygens (including phenoxy) is 1. The van der Waals surface area contributed by atoms with Gasteiger partial charge in [-0.25, -0.2) is 9.78 Å². The van der Waals surface area contributed by atoms with Crippen LogP contribution < -0.4 is 9.80 Å². The lowest BCUT2D eigenvalue weighted by molar-refractivity contribution is -0.138. The number of pyridine rings is 1. The van der Waals surface area contributed by atoms with Gasteiger partial charge in [0.05, 0.1) is 17.8 Å². The van der Waals surface area contributed by atoms with Gasteiger partial charge in [-0.05, 0) is 26.8 Å². The first-order valence-electron chi connectivity index (χ1n) is 8.70. The summed E-state index contributed by atoms with van der Waals surface area (Å²) < 4.78 is 44.5. The number of amides is 2. The van der Waals surface area contributed by atoms with Gasteiger partial charge < -0.3 is 14.5 Å². The Balaban J connectivity index is 1.92. The fraction of sp³-hybridized carbons (Fsp3) is 0.500. The SMILES string of the molecule is C=CN1C(=O)C2CN(C(=O)OC(C)(C)C)CCN2c2ncc(C(F)(F)F)cc21. The lowest BCUT2D eigenvalue weighted by Gasteiger charge is -2.46. The Bertz CT molecular complexity index is 819. The largest absolute Gasteiger partial charge is 0.444 e. The van der Waals surface area contributed by atoms with E-state index >= 15 is 0 Å². The molecule has 2 aliphatic heterocycles. The molecular formula is C18H21F3N4O3. The first-order valence-corrected chi connectivity index (χ1v) is 8.70. The molecule has 1 fully saturated rings. The second kappa shape index (κ2) is 6.68. The molecule has 0 N–H and O–H groups in total. The van der Waals surface area contributed by atoms with Gasteiger partial charge in [0.25, 0.3) is 5.91 Å². The molecule has 3 heterocycles. The molecule has 1 aromatic rings. The van der Waals surface area contributed by atoms with Gasteiger partial charge in [0.2, 0.25) is 0 Å². The van der Waals surface area contributed by atoms with Crippen molar-refractivity contribution >= 4 is 23.5 Å². The van der Waals surface area contributed by atoms with Gasteiger partial charge in [-0.15, -0.1) is 0 Å². The molecular weight excluding hydrogens is 377 g/mol. The van der Waals surface area contributed by atoms with Crippen molar-refractivity contribution in [3.63, 3.8) is 0 Å². The number of anilines is 2. The number of alkyl halides is 3. The third kappa shape index (κ3) is 3.63. The highest BCUT2D eigenvalue weighted by Crippen LogP contribution is 2.40. The van der Waals surface area contributed by atoms with Gasteiger partial charge in [0.1, 0.15) is 11.6 Å². The van der Waals surface area contributed by atoms with E-state index in [0.29, 0.717) is 0 Å². The van der Waals surface area contributed by atoms with E-state index in [1.807, 2.05) is 0 Å². The number of rotatable bonds is 1. The van der Waals surface area contributed by atoms with Gasteiger partial charge >= 0.3 is 12.3 Å². The zero-order valence-electron chi connectivity index (χ0n) is 15.8. The molecule has 152 valence electrons. The predicted octanol–water partition coefficient (Wildman–Crippen LogP) is 3.02. The zero-order chi connectivity index (χ0) is 20.9. The van der Waals surface area contributed by atoms with Crippen LogP contribution in [-0.4, -0.2) is 53.2 Å². The van der Waals surface area contributed by atoms with Crippen molar-refractivity contribution in [2.75, 3.05) is 29.4 Å².